The summed E-state index contributed by atoms with van der Waals surface area (Å²) in [5.41, 5.74) is 2.01. The Morgan fingerprint density at radius 1 is 1.05 bits per heavy atom. The molecule has 1 atom stereocenters. The first-order valence-corrected chi connectivity index (χ1v) is 6.27. The van der Waals surface area contributed by atoms with Crippen LogP contribution in [-0.4, -0.2) is 17.1 Å². The molecule has 0 bridgehead atoms. The lowest BCUT2D eigenvalue weighted by molar-refractivity contribution is -0.138. The lowest BCUT2D eigenvalue weighted by atomic mass is 10.1. The van der Waals surface area contributed by atoms with Crippen molar-refractivity contribution in [1.82, 2.24) is 0 Å². The van der Waals surface area contributed by atoms with Gasteiger partial charge < -0.3 is 10.0 Å². The Labute approximate surface area is 113 Å². The van der Waals surface area contributed by atoms with Gasteiger partial charge in [-0.25, -0.2) is 4.79 Å². The van der Waals surface area contributed by atoms with Crippen molar-refractivity contribution in [2.45, 2.75) is 19.5 Å². The van der Waals surface area contributed by atoms with Gasteiger partial charge in [-0.05, 0) is 24.6 Å². The van der Waals surface area contributed by atoms with Gasteiger partial charge in [0.2, 0.25) is 0 Å². The summed E-state index contributed by atoms with van der Waals surface area (Å²) in [6.45, 7) is 2.29. The summed E-state index contributed by atoms with van der Waals surface area (Å²) in [7, 11) is 0. The first-order chi connectivity index (χ1) is 9.18. The Morgan fingerprint density at radius 2 is 1.58 bits per heavy atom. The zero-order valence-corrected chi connectivity index (χ0v) is 10.9. The van der Waals surface area contributed by atoms with Crippen molar-refractivity contribution in [3.8, 4) is 0 Å². The van der Waals surface area contributed by atoms with E-state index in [-0.39, 0.29) is 0 Å². The Bertz CT molecular complexity index is 525. The number of carbonyl (C=O) groups is 1. The lowest BCUT2D eigenvalue weighted by Crippen LogP contribution is -2.38. The summed E-state index contributed by atoms with van der Waals surface area (Å²) in [6, 6.07) is 19.0. The number of nitrogens with zero attached hydrogens (tertiary/aromatic N) is 1. The molecule has 98 valence electrons. The van der Waals surface area contributed by atoms with E-state index >= 15 is 0 Å². The van der Waals surface area contributed by atoms with Crippen LogP contribution in [0.3, 0.4) is 0 Å². The molecule has 0 amide bonds. The van der Waals surface area contributed by atoms with Gasteiger partial charge in [0.1, 0.15) is 6.04 Å². The van der Waals surface area contributed by atoms with Gasteiger partial charge in [-0.1, -0.05) is 48.5 Å². The highest BCUT2D eigenvalue weighted by Crippen LogP contribution is 2.19. The second-order valence-electron chi connectivity index (χ2n) is 4.46. The molecule has 0 aliphatic carbocycles. The highest BCUT2D eigenvalue weighted by atomic mass is 16.4. The summed E-state index contributed by atoms with van der Waals surface area (Å²) < 4.78 is 0. The van der Waals surface area contributed by atoms with E-state index in [2.05, 4.69) is 0 Å². The number of rotatable bonds is 5. The molecule has 3 heteroatoms. The van der Waals surface area contributed by atoms with Crippen LogP contribution in [-0.2, 0) is 11.3 Å². The zero-order valence-electron chi connectivity index (χ0n) is 10.9. The van der Waals surface area contributed by atoms with E-state index in [0.29, 0.717) is 6.54 Å². The molecule has 2 aromatic carbocycles. The van der Waals surface area contributed by atoms with E-state index < -0.39 is 12.0 Å². The van der Waals surface area contributed by atoms with E-state index in [9.17, 15) is 9.90 Å². The number of carboxylic acid groups (broad SMARTS) is 1. The Hall–Kier alpha value is -2.29. The summed E-state index contributed by atoms with van der Waals surface area (Å²) in [4.78, 5) is 13.1. The third kappa shape index (κ3) is 3.35. The van der Waals surface area contributed by atoms with Gasteiger partial charge in [-0.2, -0.15) is 0 Å². The summed E-state index contributed by atoms with van der Waals surface area (Å²) in [5.74, 6) is -0.820. The van der Waals surface area contributed by atoms with Crippen LogP contribution in [0.25, 0.3) is 0 Å². The van der Waals surface area contributed by atoms with Crippen LogP contribution in [0.2, 0.25) is 0 Å². The van der Waals surface area contributed by atoms with Gasteiger partial charge in [0.05, 0.1) is 0 Å². The maximum absolute atomic E-state index is 11.3. The molecule has 19 heavy (non-hydrogen) atoms. The Morgan fingerprint density at radius 3 is 2.11 bits per heavy atom. The number of hydrogen-bond acceptors (Lipinski definition) is 2. The molecule has 3 nitrogen and oxygen atoms in total. The molecule has 0 saturated carbocycles. The minimum Gasteiger partial charge on any atom is -0.480 e. The van der Waals surface area contributed by atoms with Crippen molar-refractivity contribution in [3.05, 3.63) is 66.2 Å². The summed E-state index contributed by atoms with van der Waals surface area (Å²) >= 11 is 0. The number of carboxylic acids is 1. The molecule has 0 spiro atoms. The highest BCUT2D eigenvalue weighted by Gasteiger charge is 2.20. The maximum Gasteiger partial charge on any atom is 0.326 e. The third-order valence-electron chi connectivity index (χ3n) is 3.11. The molecule has 2 aromatic rings. The molecular weight excluding hydrogens is 238 g/mol. The van der Waals surface area contributed by atoms with Crippen molar-refractivity contribution in [1.29, 1.82) is 0 Å². The predicted molar refractivity (Wildman–Crippen MR) is 76.2 cm³/mol. The fourth-order valence-corrected chi connectivity index (χ4v) is 1.98. The molecule has 0 aromatic heterocycles. The first-order valence-electron chi connectivity index (χ1n) is 6.27. The molecule has 0 fully saturated rings. The highest BCUT2D eigenvalue weighted by molar-refractivity contribution is 5.77. The van der Waals surface area contributed by atoms with Crippen molar-refractivity contribution >= 4 is 11.7 Å². The van der Waals surface area contributed by atoms with Crippen LogP contribution in [0.5, 0.6) is 0 Å². The number of benzene rings is 2. The van der Waals surface area contributed by atoms with E-state index in [0.717, 1.165) is 11.3 Å². The SMILES string of the molecule is C[C@H](C(=O)O)N(Cc1ccccc1)c1ccccc1. The van der Waals surface area contributed by atoms with Gasteiger partial charge in [-0.15, -0.1) is 0 Å². The van der Waals surface area contributed by atoms with E-state index in [1.54, 1.807) is 6.92 Å². The second-order valence-corrected chi connectivity index (χ2v) is 4.46. The molecule has 0 aliphatic heterocycles. The maximum atomic E-state index is 11.3. The largest absolute Gasteiger partial charge is 0.480 e. The van der Waals surface area contributed by atoms with Crippen molar-refractivity contribution in [3.63, 3.8) is 0 Å². The molecule has 0 radical (unpaired) electrons. The van der Waals surface area contributed by atoms with Crippen molar-refractivity contribution < 1.29 is 9.90 Å². The van der Waals surface area contributed by atoms with Crippen LogP contribution in [0.15, 0.2) is 60.7 Å². The molecule has 0 unspecified atom stereocenters. The topological polar surface area (TPSA) is 40.5 Å². The van der Waals surface area contributed by atoms with E-state index in [4.69, 9.17) is 0 Å². The number of aliphatic carboxylic acids is 1. The minimum absolute atomic E-state index is 0.567. The zero-order chi connectivity index (χ0) is 13.7. The van der Waals surface area contributed by atoms with Gasteiger partial charge in [0.25, 0.3) is 0 Å². The smallest absolute Gasteiger partial charge is 0.326 e. The first kappa shape index (κ1) is 13.1. The van der Waals surface area contributed by atoms with Gasteiger partial charge in [-0.3, -0.25) is 0 Å². The van der Waals surface area contributed by atoms with Crippen molar-refractivity contribution in [2.75, 3.05) is 4.90 Å². The standard InChI is InChI=1S/C16H17NO2/c1-13(16(18)19)17(15-10-6-3-7-11-15)12-14-8-4-2-5-9-14/h2-11,13H,12H2,1H3,(H,18,19)/t13-/m1/s1. The Balaban J connectivity index is 2.27. The van der Waals surface area contributed by atoms with Crippen LogP contribution in [0.1, 0.15) is 12.5 Å². The third-order valence-corrected chi connectivity index (χ3v) is 3.11. The molecule has 2 rings (SSSR count). The molecule has 0 saturated heterocycles. The normalized spacial score (nSPS) is 11.8. The predicted octanol–water partition coefficient (Wildman–Crippen LogP) is 3.17. The number of hydrogen-bond donors (Lipinski definition) is 1. The van der Waals surface area contributed by atoms with Crippen molar-refractivity contribution in [2.24, 2.45) is 0 Å². The minimum atomic E-state index is -0.820. The fourth-order valence-electron chi connectivity index (χ4n) is 1.98. The summed E-state index contributed by atoms with van der Waals surface area (Å²) in [6.07, 6.45) is 0. The second kappa shape index (κ2) is 6.05. The van der Waals surface area contributed by atoms with Gasteiger partial charge in [0, 0.05) is 12.2 Å². The average Bonchev–Trinajstić information content (AvgIpc) is 2.46. The van der Waals surface area contributed by atoms with Crippen LogP contribution < -0.4 is 4.90 Å². The van der Waals surface area contributed by atoms with Crippen LogP contribution >= 0.6 is 0 Å². The molecule has 1 N–H and O–H groups in total. The molecule has 0 heterocycles. The van der Waals surface area contributed by atoms with Gasteiger partial charge >= 0.3 is 5.97 Å². The molecular formula is C16H17NO2. The Kier molecular flexibility index (Phi) is 4.18. The van der Waals surface area contributed by atoms with Crippen LogP contribution in [0.4, 0.5) is 5.69 Å². The number of anilines is 1. The van der Waals surface area contributed by atoms with Gasteiger partial charge in [0.15, 0.2) is 0 Å². The number of para-hydroxylation sites is 1. The molecule has 0 aliphatic rings. The average molecular weight is 255 g/mol. The van der Waals surface area contributed by atoms with E-state index in [1.807, 2.05) is 65.6 Å². The van der Waals surface area contributed by atoms with E-state index in [1.165, 1.54) is 0 Å². The summed E-state index contributed by atoms with van der Waals surface area (Å²) in [5, 5.41) is 9.25. The van der Waals surface area contributed by atoms with Crippen LogP contribution in [0, 0.1) is 0 Å². The fraction of sp³-hybridized carbons (Fsp3) is 0.188. The lowest BCUT2D eigenvalue weighted by Gasteiger charge is -2.28. The monoisotopic (exact) mass is 255 g/mol. The quantitative estimate of drug-likeness (QED) is 0.892.